The number of hydrogen-bond acceptors (Lipinski definition) is 5. The molecule has 0 atom stereocenters. The predicted molar refractivity (Wildman–Crippen MR) is 75.8 cm³/mol. The molecule has 0 bridgehead atoms. The van der Waals surface area contributed by atoms with Crippen LogP contribution in [0.15, 0.2) is 32.7 Å². The number of carbonyl (C=O) groups is 1. The highest BCUT2D eigenvalue weighted by atomic mass is 32.2. The lowest BCUT2D eigenvalue weighted by atomic mass is 10.2. The summed E-state index contributed by atoms with van der Waals surface area (Å²) >= 11 is 2.69. The third-order valence-electron chi connectivity index (χ3n) is 2.35. The lowest BCUT2D eigenvalue weighted by molar-refractivity contribution is 0.102. The summed E-state index contributed by atoms with van der Waals surface area (Å²) in [6, 6.07) is 5.01. The largest absolute Gasteiger partial charge is 0.321 e. The van der Waals surface area contributed by atoms with Crippen molar-refractivity contribution in [1.82, 2.24) is 4.98 Å². The van der Waals surface area contributed by atoms with E-state index in [0.717, 1.165) is 0 Å². The maximum Gasteiger partial charge on any atom is 0.261 e. The first-order valence-electron chi connectivity index (χ1n) is 5.20. The molecule has 2 N–H and O–H groups in total. The summed E-state index contributed by atoms with van der Waals surface area (Å²) in [4.78, 5) is 26.3. The number of pyridine rings is 1. The summed E-state index contributed by atoms with van der Waals surface area (Å²) < 4.78 is 0. The van der Waals surface area contributed by atoms with E-state index in [1.807, 2.05) is 11.4 Å². The normalized spacial score (nSPS) is 9.89. The second-order valence-electron chi connectivity index (χ2n) is 3.54. The number of H-pyrrole nitrogens is 1. The number of nitrogens with one attached hydrogen (secondary N) is 2. The molecule has 2 aromatic rings. The predicted octanol–water partition coefficient (Wildman–Crippen LogP) is 2.28. The molecule has 1 amide bonds. The Kier molecular flexibility index (Phi) is 4.04. The fourth-order valence-electron chi connectivity index (χ4n) is 1.46. The Morgan fingerprint density at radius 2 is 2.37 bits per heavy atom. The number of thioether (sulfide) groups is 1. The van der Waals surface area contributed by atoms with E-state index in [1.54, 1.807) is 17.7 Å². The Labute approximate surface area is 117 Å². The number of aromatic amines is 1. The first-order chi connectivity index (χ1) is 9.15. The van der Waals surface area contributed by atoms with E-state index in [-0.39, 0.29) is 11.1 Å². The minimum atomic E-state index is -0.524. The Bertz CT molecular complexity index is 699. The lowest BCUT2D eigenvalue weighted by Crippen LogP contribution is -2.23. The van der Waals surface area contributed by atoms with Crippen LogP contribution in [0, 0.1) is 11.3 Å². The molecule has 7 heteroatoms. The molecule has 2 aromatic heterocycles. The average molecular weight is 291 g/mol. The molecule has 0 saturated carbocycles. The van der Waals surface area contributed by atoms with Gasteiger partial charge in [0.2, 0.25) is 0 Å². The molecule has 0 unspecified atom stereocenters. The number of rotatable bonds is 3. The molecule has 0 aliphatic heterocycles. The van der Waals surface area contributed by atoms with Gasteiger partial charge in [-0.25, -0.2) is 0 Å². The second-order valence-corrected chi connectivity index (χ2v) is 5.13. The van der Waals surface area contributed by atoms with Crippen LogP contribution < -0.4 is 10.9 Å². The van der Waals surface area contributed by atoms with Crippen molar-refractivity contribution in [2.75, 3.05) is 11.6 Å². The molecule has 0 fully saturated rings. The number of anilines is 1. The lowest BCUT2D eigenvalue weighted by Gasteiger charge is -2.05. The van der Waals surface area contributed by atoms with Gasteiger partial charge in [0, 0.05) is 5.38 Å². The molecular weight excluding hydrogens is 282 g/mol. The van der Waals surface area contributed by atoms with Crippen molar-refractivity contribution in [3.63, 3.8) is 0 Å². The van der Waals surface area contributed by atoms with E-state index < -0.39 is 11.5 Å². The second kappa shape index (κ2) is 5.73. The summed E-state index contributed by atoms with van der Waals surface area (Å²) in [5.74, 6) is -0.524. The van der Waals surface area contributed by atoms with Crippen molar-refractivity contribution < 1.29 is 4.79 Å². The molecule has 0 aliphatic rings. The van der Waals surface area contributed by atoms with Gasteiger partial charge < -0.3 is 10.3 Å². The Hall–Kier alpha value is -2.04. The molecule has 0 spiro atoms. The van der Waals surface area contributed by atoms with E-state index in [9.17, 15) is 9.59 Å². The average Bonchev–Trinajstić information content (AvgIpc) is 2.90. The van der Waals surface area contributed by atoms with Crippen LogP contribution in [0.3, 0.4) is 0 Å². The van der Waals surface area contributed by atoms with E-state index in [2.05, 4.69) is 10.3 Å². The van der Waals surface area contributed by atoms with Crippen LogP contribution in [-0.2, 0) is 0 Å². The fraction of sp³-hybridized carbons (Fsp3) is 0.0833. The molecule has 19 heavy (non-hydrogen) atoms. The van der Waals surface area contributed by atoms with E-state index in [0.29, 0.717) is 10.7 Å². The highest BCUT2D eigenvalue weighted by Gasteiger charge is 2.14. The van der Waals surface area contributed by atoms with E-state index in [1.165, 1.54) is 29.2 Å². The number of thiophene rings is 1. The first-order valence-corrected chi connectivity index (χ1v) is 7.37. The quantitative estimate of drug-likeness (QED) is 0.849. The summed E-state index contributed by atoms with van der Waals surface area (Å²) in [6.45, 7) is 0. The minimum absolute atomic E-state index is 0.0689. The van der Waals surface area contributed by atoms with Gasteiger partial charge in [0.1, 0.15) is 11.6 Å². The molecule has 0 aliphatic carbocycles. The maximum absolute atomic E-state index is 12.0. The Morgan fingerprint density at radius 3 is 2.95 bits per heavy atom. The van der Waals surface area contributed by atoms with Gasteiger partial charge in [-0.2, -0.15) is 16.6 Å². The van der Waals surface area contributed by atoms with Gasteiger partial charge in [-0.1, -0.05) is 0 Å². The van der Waals surface area contributed by atoms with Crippen molar-refractivity contribution in [3.8, 4) is 6.07 Å². The van der Waals surface area contributed by atoms with Gasteiger partial charge in [0.25, 0.3) is 11.5 Å². The Morgan fingerprint density at radius 1 is 1.58 bits per heavy atom. The van der Waals surface area contributed by atoms with Crippen LogP contribution >= 0.6 is 23.1 Å². The van der Waals surface area contributed by atoms with Crippen molar-refractivity contribution in [3.05, 3.63) is 44.4 Å². The SMILES string of the molecule is CSc1[nH]c(=O)c(C(=O)Nc2ccsc2)cc1C#N. The van der Waals surface area contributed by atoms with Gasteiger partial charge in [-0.15, -0.1) is 11.8 Å². The maximum atomic E-state index is 12.0. The number of amides is 1. The first kappa shape index (κ1) is 13.4. The van der Waals surface area contributed by atoms with Gasteiger partial charge in [-0.05, 0) is 23.8 Å². The van der Waals surface area contributed by atoms with Crippen LogP contribution in [0.25, 0.3) is 0 Å². The van der Waals surface area contributed by atoms with Gasteiger partial charge in [0.05, 0.1) is 16.3 Å². The van der Waals surface area contributed by atoms with E-state index in [4.69, 9.17) is 5.26 Å². The standard InChI is InChI=1S/C12H9N3O2S2/c1-18-12-7(5-13)4-9(11(17)15-12)10(16)14-8-2-3-19-6-8/h2-4,6H,1H3,(H,14,16)(H,15,17). The van der Waals surface area contributed by atoms with Crippen LogP contribution in [-0.4, -0.2) is 17.1 Å². The zero-order valence-electron chi connectivity index (χ0n) is 9.89. The fourth-order valence-corrected chi connectivity index (χ4v) is 2.57. The number of nitriles is 1. The zero-order valence-corrected chi connectivity index (χ0v) is 11.5. The summed E-state index contributed by atoms with van der Waals surface area (Å²) in [5.41, 5.74) is 0.334. The van der Waals surface area contributed by atoms with Crippen molar-refractivity contribution >= 4 is 34.7 Å². The van der Waals surface area contributed by atoms with Gasteiger partial charge in [-0.3, -0.25) is 9.59 Å². The number of aromatic nitrogens is 1. The van der Waals surface area contributed by atoms with E-state index >= 15 is 0 Å². The topological polar surface area (TPSA) is 85.8 Å². The van der Waals surface area contributed by atoms with Crippen molar-refractivity contribution in [2.45, 2.75) is 5.03 Å². The molecular formula is C12H9N3O2S2. The van der Waals surface area contributed by atoms with Crippen LogP contribution in [0.2, 0.25) is 0 Å². The summed E-state index contributed by atoms with van der Waals surface area (Å²) in [7, 11) is 0. The summed E-state index contributed by atoms with van der Waals surface area (Å²) in [6.07, 6.45) is 1.75. The molecule has 2 heterocycles. The van der Waals surface area contributed by atoms with Crippen LogP contribution in [0.4, 0.5) is 5.69 Å². The molecule has 0 aromatic carbocycles. The monoisotopic (exact) mass is 291 g/mol. The highest BCUT2D eigenvalue weighted by Crippen LogP contribution is 2.17. The van der Waals surface area contributed by atoms with Crippen LogP contribution in [0.5, 0.6) is 0 Å². The molecule has 0 saturated heterocycles. The molecule has 2 rings (SSSR count). The Balaban J connectivity index is 2.37. The van der Waals surface area contributed by atoms with Gasteiger partial charge in [0.15, 0.2) is 0 Å². The molecule has 5 nitrogen and oxygen atoms in total. The third-order valence-corrected chi connectivity index (χ3v) is 3.77. The van der Waals surface area contributed by atoms with Gasteiger partial charge >= 0.3 is 0 Å². The minimum Gasteiger partial charge on any atom is -0.321 e. The molecule has 96 valence electrons. The summed E-state index contributed by atoms with van der Waals surface area (Å²) in [5, 5.41) is 15.6. The smallest absolute Gasteiger partial charge is 0.261 e. The zero-order chi connectivity index (χ0) is 13.8. The van der Waals surface area contributed by atoms with Crippen LogP contribution in [0.1, 0.15) is 15.9 Å². The number of carbonyl (C=O) groups excluding carboxylic acids is 1. The number of nitrogens with zero attached hydrogens (tertiary/aromatic N) is 1. The van der Waals surface area contributed by atoms with Crippen molar-refractivity contribution in [2.24, 2.45) is 0 Å². The third kappa shape index (κ3) is 2.86. The number of hydrogen-bond donors (Lipinski definition) is 2. The highest BCUT2D eigenvalue weighted by molar-refractivity contribution is 7.98. The van der Waals surface area contributed by atoms with Crippen molar-refractivity contribution in [1.29, 1.82) is 5.26 Å². The molecule has 0 radical (unpaired) electrons.